The number of aliphatic hydroxyl groups excluding tert-OH is 2. The van der Waals surface area contributed by atoms with Crippen molar-refractivity contribution >= 4 is 23.5 Å². The third kappa shape index (κ3) is 8.85. The predicted molar refractivity (Wildman–Crippen MR) is 149 cm³/mol. The fraction of sp³-hybridized carbons (Fsp3) is 0.600. The number of amides is 3. The number of benzene rings is 1. The van der Waals surface area contributed by atoms with Gasteiger partial charge in [0.25, 0.3) is 0 Å². The van der Waals surface area contributed by atoms with E-state index in [-0.39, 0.29) is 24.0 Å². The van der Waals surface area contributed by atoms with Gasteiger partial charge in [0, 0.05) is 12.3 Å². The molecule has 1 heterocycles. The molecule has 3 aliphatic rings. The Morgan fingerprint density at radius 2 is 1.61 bits per heavy atom. The molecular formula is C30H41N3O8. The van der Waals surface area contributed by atoms with Gasteiger partial charge in [0.2, 0.25) is 17.7 Å². The SMILES string of the molecule is COc1ccc(C[C@H](NC(=O)[C@@H](CO)NC(=O)C2CCC(O)CC2)C(=O)N[C@@H](CC2=CCCC2)C(=O)[C@H]2CO2)cc1. The zero-order valence-corrected chi connectivity index (χ0v) is 23.5. The molecule has 0 spiro atoms. The minimum absolute atomic E-state index is 0.109. The number of carbonyl (C=O) groups is 4. The second-order valence-electron chi connectivity index (χ2n) is 11.1. The van der Waals surface area contributed by atoms with Gasteiger partial charge in [-0.15, -0.1) is 0 Å². The number of ether oxygens (including phenoxy) is 2. The molecule has 1 aromatic rings. The number of carbonyl (C=O) groups excluding carboxylic acids is 4. The fourth-order valence-corrected chi connectivity index (χ4v) is 5.42. The normalized spacial score (nSPS) is 23.9. The van der Waals surface area contributed by atoms with Gasteiger partial charge in [-0.25, -0.2) is 0 Å². The number of epoxide rings is 1. The van der Waals surface area contributed by atoms with E-state index in [1.165, 1.54) is 0 Å². The van der Waals surface area contributed by atoms with E-state index < -0.39 is 48.8 Å². The van der Waals surface area contributed by atoms with E-state index in [9.17, 15) is 29.4 Å². The second kappa shape index (κ2) is 14.6. The monoisotopic (exact) mass is 571 g/mol. The van der Waals surface area contributed by atoms with E-state index in [2.05, 4.69) is 22.0 Å². The highest BCUT2D eigenvalue weighted by atomic mass is 16.6. The van der Waals surface area contributed by atoms with Gasteiger partial charge >= 0.3 is 0 Å². The van der Waals surface area contributed by atoms with Crippen molar-refractivity contribution in [2.75, 3.05) is 20.3 Å². The first-order valence-electron chi connectivity index (χ1n) is 14.4. The number of nitrogens with one attached hydrogen (secondary N) is 3. The van der Waals surface area contributed by atoms with Crippen molar-refractivity contribution < 1.29 is 38.9 Å². The van der Waals surface area contributed by atoms with Crippen LogP contribution in [0.3, 0.4) is 0 Å². The van der Waals surface area contributed by atoms with E-state index >= 15 is 0 Å². The Hall–Kier alpha value is -3.28. The van der Waals surface area contributed by atoms with Crippen molar-refractivity contribution in [3.05, 3.63) is 41.5 Å². The summed E-state index contributed by atoms with van der Waals surface area (Å²) in [6.45, 7) is -0.327. The van der Waals surface area contributed by atoms with E-state index in [0.717, 1.165) is 30.4 Å². The fourth-order valence-electron chi connectivity index (χ4n) is 5.42. The molecule has 11 nitrogen and oxygen atoms in total. The number of aliphatic hydroxyl groups is 2. The van der Waals surface area contributed by atoms with Crippen LogP contribution in [0.5, 0.6) is 5.75 Å². The van der Waals surface area contributed by atoms with Crippen molar-refractivity contribution in [3.8, 4) is 5.75 Å². The molecule has 0 aromatic heterocycles. The standard InChI is InChI=1S/C30H41N3O8/c1-40-22-12-6-19(7-13-22)15-24(29(38)31-23(27(36)26-17-41-26)14-18-4-2-3-5-18)32-30(39)25(16-34)33-28(37)20-8-10-21(35)11-9-20/h4,6-7,12-13,20-21,23-26,34-35H,2-3,5,8-11,14-17H2,1H3,(H,31,38)(H,32,39)(H,33,37)/t20?,21?,23-,24-,25+,26+/m0/s1. The summed E-state index contributed by atoms with van der Waals surface area (Å²) in [6.07, 6.45) is 6.43. The minimum Gasteiger partial charge on any atom is -0.497 e. The van der Waals surface area contributed by atoms with Gasteiger partial charge in [-0.3, -0.25) is 19.2 Å². The molecule has 0 radical (unpaired) electrons. The molecular weight excluding hydrogens is 530 g/mol. The molecule has 1 saturated carbocycles. The number of hydrogen-bond acceptors (Lipinski definition) is 8. The number of allylic oxidation sites excluding steroid dienone is 1. The lowest BCUT2D eigenvalue weighted by Gasteiger charge is -2.27. The van der Waals surface area contributed by atoms with Gasteiger partial charge in [-0.1, -0.05) is 23.8 Å². The molecule has 4 rings (SSSR count). The van der Waals surface area contributed by atoms with Crippen LogP contribution in [0.4, 0.5) is 0 Å². The maximum absolute atomic E-state index is 13.6. The van der Waals surface area contributed by atoms with Crippen LogP contribution < -0.4 is 20.7 Å². The van der Waals surface area contributed by atoms with Crippen LogP contribution >= 0.6 is 0 Å². The molecule has 1 aliphatic heterocycles. The molecule has 4 atom stereocenters. The molecule has 41 heavy (non-hydrogen) atoms. The molecule has 2 aliphatic carbocycles. The van der Waals surface area contributed by atoms with E-state index in [4.69, 9.17) is 9.47 Å². The summed E-state index contributed by atoms with van der Waals surface area (Å²) >= 11 is 0. The molecule has 0 unspecified atom stereocenters. The average molecular weight is 572 g/mol. The first-order chi connectivity index (χ1) is 19.8. The topological polar surface area (TPSA) is 167 Å². The maximum Gasteiger partial charge on any atom is 0.245 e. The Morgan fingerprint density at radius 3 is 2.20 bits per heavy atom. The molecule has 0 bridgehead atoms. The Morgan fingerprint density at radius 1 is 0.951 bits per heavy atom. The Bertz CT molecular complexity index is 1110. The largest absolute Gasteiger partial charge is 0.497 e. The highest BCUT2D eigenvalue weighted by molar-refractivity contribution is 5.97. The van der Waals surface area contributed by atoms with Crippen molar-refractivity contribution in [1.29, 1.82) is 0 Å². The van der Waals surface area contributed by atoms with Crippen molar-refractivity contribution in [2.24, 2.45) is 5.92 Å². The first kappa shape index (κ1) is 30.7. The Balaban J connectivity index is 1.46. The molecule has 3 amide bonds. The van der Waals surface area contributed by atoms with Crippen LogP contribution in [0, 0.1) is 5.92 Å². The van der Waals surface area contributed by atoms with Gasteiger partial charge in [0.05, 0.1) is 32.5 Å². The first-order valence-corrected chi connectivity index (χ1v) is 14.4. The quantitative estimate of drug-likeness (QED) is 0.161. The summed E-state index contributed by atoms with van der Waals surface area (Å²) in [5, 5.41) is 27.8. The number of hydrogen-bond donors (Lipinski definition) is 5. The van der Waals surface area contributed by atoms with Crippen LogP contribution in [-0.2, 0) is 30.3 Å². The lowest BCUT2D eigenvalue weighted by Crippen LogP contribution is -2.58. The van der Waals surface area contributed by atoms with Crippen LogP contribution in [0.25, 0.3) is 0 Å². The Labute approximate surface area is 240 Å². The molecule has 1 aromatic carbocycles. The van der Waals surface area contributed by atoms with Crippen LogP contribution in [0.2, 0.25) is 0 Å². The van der Waals surface area contributed by atoms with Crippen LogP contribution in [-0.4, -0.2) is 84.4 Å². The highest BCUT2D eigenvalue weighted by Crippen LogP contribution is 2.25. The molecule has 1 saturated heterocycles. The van der Waals surface area contributed by atoms with Crippen molar-refractivity contribution in [3.63, 3.8) is 0 Å². The number of Topliss-reactive ketones (excluding diaryl/α,β-unsaturated/α-hetero) is 1. The van der Waals surface area contributed by atoms with Gasteiger partial charge in [0.15, 0.2) is 5.78 Å². The van der Waals surface area contributed by atoms with E-state index in [1.54, 1.807) is 31.4 Å². The van der Waals surface area contributed by atoms with Crippen LogP contribution in [0.15, 0.2) is 35.9 Å². The van der Waals surface area contributed by atoms with Gasteiger partial charge in [-0.2, -0.15) is 0 Å². The van der Waals surface area contributed by atoms with Gasteiger partial charge in [-0.05, 0) is 69.1 Å². The lowest BCUT2D eigenvalue weighted by atomic mass is 9.87. The second-order valence-corrected chi connectivity index (χ2v) is 11.1. The minimum atomic E-state index is -1.26. The van der Waals surface area contributed by atoms with Gasteiger partial charge < -0.3 is 35.6 Å². The number of ketones is 1. The molecule has 2 fully saturated rings. The summed E-state index contributed by atoms with van der Waals surface area (Å²) in [5.74, 6) is -1.55. The smallest absolute Gasteiger partial charge is 0.245 e. The van der Waals surface area contributed by atoms with E-state index in [1.807, 2.05) is 0 Å². The third-order valence-corrected chi connectivity index (χ3v) is 8.03. The Kier molecular flexibility index (Phi) is 10.9. The maximum atomic E-state index is 13.6. The molecule has 5 N–H and O–H groups in total. The summed E-state index contributed by atoms with van der Waals surface area (Å²) in [7, 11) is 1.55. The third-order valence-electron chi connectivity index (χ3n) is 8.03. The number of rotatable bonds is 14. The summed E-state index contributed by atoms with van der Waals surface area (Å²) in [6, 6.07) is 3.90. The summed E-state index contributed by atoms with van der Waals surface area (Å²) in [4.78, 5) is 52.6. The lowest BCUT2D eigenvalue weighted by molar-refractivity contribution is -0.135. The van der Waals surface area contributed by atoms with Gasteiger partial charge in [0.1, 0.15) is 23.9 Å². The average Bonchev–Trinajstić information content (AvgIpc) is 3.71. The van der Waals surface area contributed by atoms with Crippen molar-refractivity contribution in [1.82, 2.24) is 16.0 Å². The zero-order valence-electron chi connectivity index (χ0n) is 23.5. The zero-order chi connectivity index (χ0) is 29.4. The molecule has 224 valence electrons. The summed E-state index contributed by atoms with van der Waals surface area (Å²) in [5.41, 5.74) is 1.85. The summed E-state index contributed by atoms with van der Waals surface area (Å²) < 4.78 is 10.4. The number of methoxy groups -OCH3 is 1. The highest BCUT2D eigenvalue weighted by Gasteiger charge is 2.39. The predicted octanol–water partition coefficient (Wildman–Crippen LogP) is 0.704. The van der Waals surface area contributed by atoms with Crippen LogP contribution in [0.1, 0.15) is 56.9 Å². The van der Waals surface area contributed by atoms with Crippen molar-refractivity contribution in [2.45, 2.75) is 88.1 Å². The molecule has 11 heteroatoms. The van der Waals surface area contributed by atoms with E-state index in [0.29, 0.717) is 44.5 Å².